The molecule has 0 unspecified atom stereocenters. The third-order valence-electron chi connectivity index (χ3n) is 1.71. The van der Waals surface area contributed by atoms with Crippen LogP contribution in [-0.2, 0) is 0 Å². The van der Waals surface area contributed by atoms with E-state index in [0.717, 1.165) is 0 Å². The van der Waals surface area contributed by atoms with Crippen LogP contribution in [-0.4, -0.2) is 27.0 Å². The number of nitrogen functional groups attached to an aromatic ring is 1. The average Bonchev–Trinajstić information content (AvgIpc) is 2.30. The smallest absolute Gasteiger partial charge is 0.216 e. The topological polar surface area (TPSA) is 86.8 Å². The van der Waals surface area contributed by atoms with E-state index in [4.69, 9.17) is 10.5 Å². The largest absolute Gasteiger partial charge is 0.481 e. The summed E-state index contributed by atoms with van der Waals surface area (Å²) in [5.74, 6) is 1.30. The highest BCUT2D eigenvalue weighted by atomic mass is 16.5. The van der Waals surface area contributed by atoms with Crippen molar-refractivity contribution >= 4 is 5.69 Å². The standard InChI is InChI=1S/C9H9N5O/c1-15-7-2-3-11-9(14-7)8-12-4-6(10)5-13-8/h2-5H,10H2,1H3. The second-order valence-electron chi connectivity index (χ2n) is 2.76. The number of aromatic nitrogens is 4. The Morgan fingerprint density at radius 2 is 1.87 bits per heavy atom. The van der Waals surface area contributed by atoms with Crippen LogP contribution in [0.15, 0.2) is 24.7 Å². The van der Waals surface area contributed by atoms with Crippen LogP contribution < -0.4 is 10.5 Å². The number of hydrogen-bond acceptors (Lipinski definition) is 6. The molecule has 0 fully saturated rings. The molecule has 2 aromatic rings. The molecular weight excluding hydrogens is 194 g/mol. The zero-order valence-corrected chi connectivity index (χ0v) is 8.08. The molecule has 2 heterocycles. The van der Waals surface area contributed by atoms with E-state index in [-0.39, 0.29) is 0 Å². The molecule has 0 aromatic carbocycles. The van der Waals surface area contributed by atoms with E-state index in [0.29, 0.717) is 23.2 Å². The average molecular weight is 203 g/mol. The molecule has 0 atom stereocenters. The van der Waals surface area contributed by atoms with Gasteiger partial charge in [-0.15, -0.1) is 0 Å². The lowest BCUT2D eigenvalue weighted by Gasteiger charge is -2.00. The van der Waals surface area contributed by atoms with Crippen molar-refractivity contribution in [1.82, 2.24) is 19.9 Å². The second-order valence-corrected chi connectivity index (χ2v) is 2.76. The minimum Gasteiger partial charge on any atom is -0.481 e. The highest BCUT2D eigenvalue weighted by Crippen LogP contribution is 2.12. The lowest BCUT2D eigenvalue weighted by Crippen LogP contribution is -1.97. The van der Waals surface area contributed by atoms with Crippen molar-refractivity contribution in [2.45, 2.75) is 0 Å². The van der Waals surface area contributed by atoms with Gasteiger partial charge in [0.25, 0.3) is 0 Å². The number of nitrogens with zero attached hydrogens (tertiary/aromatic N) is 4. The van der Waals surface area contributed by atoms with Crippen LogP contribution in [0.1, 0.15) is 0 Å². The van der Waals surface area contributed by atoms with Crippen molar-refractivity contribution in [1.29, 1.82) is 0 Å². The summed E-state index contributed by atoms with van der Waals surface area (Å²) in [6, 6.07) is 1.65. The molecule has 0 aliphatic heterocycles. The predicted molar refractivity (Wildman–Crippen MR) is 54.0 cm³/mol. The first-order valence-corrected chi connectivity index (χ1v) is 4.24. The van der Waals surface area contributed by atoms with Gasteiger partial charge in [-0.2, -0.15) is 4.98 Å². The van der Waals surface area contributed by atoms with Gasteiger partial charge in [0.05, 0.1) is 25.2 Å². The number of nitrogens with two attached hydrogens (primary N) is 1. The van der Waals surface area contributed by atoms with Gasteiger partial charge in [-0.1, -0.05) is 0 Å². The molecule has 0 amide bonds. The molecule has 0 saturated heterocycles. The van der Waals surface area contributed by atoms with E-state index in [9.17, 15) is 0 Å². The Kier molecular flexibility index (Phi) is 2.40. The third kappa shape index (κ3) is 1.98. The van der Waals surface area contributed by atoms with Crippen LogP contribution >= 0.6 is 0 Å². The molecule has 15 heavy (non-hydrogen) atoms. The van der Waals surface area contributed by atoms with Crippen molar-refractivity contribution in [3.8, 4) is 17.5 Å². The van der Waals surface area contributed by atoms with Gasteiger partial charge < -0.3 is 10.5 Å². The maximum atomic E-state index is 5.47. The Labute approximate surface area is 86.2 Å². The van der Waals surface area contributed by atoms with E-state index in [1.807, 2.05) is 0 Å². The summed E-state index contributed by atoms with van der Waals surface area (Å²) < 4.78 is 4.97. The first kappa shape index (κ1) is 9.32. The number of hydrogen-bond donors (Lipinski definition) is 1. The van der Waals surface area contributed by atoms with Crippen molar-refractivity contribution in [3.63, 3.8) is 0 Å². The van der Waals surface area contributed by atoms with Gasteiger partial charge in [-0.25, -0.2) is 15.0 Å². The fourth-order valence-corrected chi connectivity index (χ4v) is 1.02. The van der Waals surface area contributed by atoms with Crippen molar-refractivity contribution in [2.75, 3.05) is 12.8 Å². The molecule has 2 aromatic heterocycles. The van der Waals surface area contributed by atoms with E-state index < -0.39 is 0 Å². The highest BCUT2D eigenvalue weighted by molar-refractivity contribution is 5.45. The van der Waals surface area contributed by atoms with Gasteiger partial charge >= 0.3 is 0 Å². The summed E-state index contributed by atoms with van der Waals surface area (Å²) in [7, 11) is 1.54. The quantitative estimate of drug-likeness (QED) is 0.765. The van der Waals surface area contributed by atoms with E-state index >= 15 is 0 Å². The van der Waals surface area contributed by atoms with Gasteiger partial charge in [0.15, 0.2) is 5.82 Å². The maximum Gasteiger partial charge on any atom is 0.216 e. The van der Waals surface area contributed by atoms with Gasteiger partial charge in [0.1, 0.15) is 0 Å². The van der Waals surface area contributed by atoms with Crippen LogP contribution in [0.5, 0.6) is 5.88 Å². The summed E-state index contributed by atoms with van der Waals surface area (Å²) in [5, 5.41) is 0. The maximum absolute atomic E-state index is 5.47. The van der Waals surface area contributed by atoms with Gasteiger partial charge in [0, 0.05) is 12.3 Å². The summed E-state index contributed by atoms with van der Waals surface area (Å²) in [5.41, 5.74) is 5.97. The van der Waals surface area contributed by atoms with Crippen LogP contribution in [0.4, 0.5) is 5.69 Å². The summed E-state index contributed by atoms with van der Waals surface area (Å²) >= 11 is 0. The molecule has 0 aliphatic carbocycles. The van der Waals surface area contributed by atoms with E-state index in [1.165, 1.54) is 19.5 Å². The lowest BCUT2D eigenvalue weighted by molar-refractivity contribution is 0.397. The Bertz CT molecular complexity index is 456. The van der Waals surface area contributed by atoms with Crippen LogP contribution in [0.2, 0.25) is 0 Å². The Balaban J connectivity index is 2.40. The van der Waals surface area contributed by atoms with Crippen LogP contribution in [0.25, 0.3) is 11.6 Å². The first-order valence-electron chi connectivity index (χ1n) is 4.24. The van der Waals surface area contributed by atoms with E-state index in [1.54, 1.807) is 12.3 Å². The molecule has 0 saturated carbocycles. The van der Waals surface area contributed by atoms with E-state index in [2.05, 4.69) is 19.9 Å². The normalized spacial score (nSPS) is 9.93. The molecule has 6 nitrogen and oxygen atoms in total. The minimum atomic E-state index is 0.411. The van der Waals surface area contributed by atoms with Gasteiger partial charge in [-0.05, 0) is 0 Å². The molecule has 6 heteroatoms. The molecule has 0 radical (unpaired) electrons. The van der Waals surface area contributed by atoms with Crippen molar-refractivity contribution in [2.24, 2.45) is 0 Å². The summed E-state index contributed by atoms with van der Waals surface area (Å²) in [6.45, 7) is 0. The lowest BCUT2D eigenvalue weighted by atomic mass is 10.4. The Morgan fingerprint density at radius 1 is 1.13 bits per heavy atom. The molecule has 0 spiro atoms. The minimum absolute atomic E-state index is 0.411. The Morgan fingerprint density at radius 3 is 2.53 bits per heavy atom. The summed E-state index contributed by atoms with van der Waals surface area (Å²) in [6.07, 6.45) is 4.59. The fourth-order valence-electron chi connectivity index (χ4n) is 1.02. The second kappa shape index (κ2) is 3.87. The summed E-state index contributed by atoms with van der Waals surface area (Å²) in [4.78, 5) is 16.1. The van der Waals surface area contributed by atoms with Gasteiger partial charge in [-0.3, -0.25) is 0 Å². The Hall–Kier alpha value is -2.24. The zero-order chi connectivity index (χ0) is 10.7. The first-order chi connectivity index (χ1) is 7.29. The monoisotopic (exact) mass is 203 g/mol. The van der Waals surface area contributed by atoms with Crippen LogP contribution in [0.3, 0.4) is 0 Å². The molecular formula is C9H9N5O. The zero-order valence-electron chi connectivity index (χ0n) is 8.08. The van der Waals surface area contributed by atoms with Crippen LogP contribution in [0, 0.1) is 0 Å². The van der Waals surface area contributed by atoms with Gasteiger partial charge in [0.2, 0.25) is 11.7 Å². The third-order valence-corrected chi connectivity index (χ3v) is 1.71. The molecule has 2 rings (SSSR count). The number of rotatable bonds is 2. The highest BCUT2D eigenvalue weighted by Gasteiger charge is 2.05. The molecule has 0 aliphatic rings. The molecule has 76 valence electrons. The number of anilines is 1. The SMILES string of the molecule is COc1ccnc(-c2ncc(N)cn2)n1. The number of methoxy groups -OCH3 is 1. The fraction of sp³-hybridized carbons (Fsp3) is 0.111. The van der Waals surface area contributed by atoms with Crippen molar-refractivity contribution < 1.29 is 4.74 Å². The number of ether oxygens (including phenoxy) is 1. The molecule has 2 N–H and O–H groups in total. The van der Waals surface area contributed by atoms with Crippen molar-refractivity contribution in [3.05, 3.63) is 24.7 Å². The molecule has 0 bridgehead atoms. The predicted octanol–water partition coefficient (Wildman–Crippen LogP) is 0.524.